The number of nitrogens with one attached hydrogen (secondary N) is 1. The number of halogens is 3. The van der Waals surface area contributed by atoms with Gasteiger partial charge in [0.1, 0.15) is 11.5 Å². The lowest BCUT2D eigenvalue weighted by Gasteiger charge is -2.15. The standard InChI is InChI=1S/C20H22F3N3O/c1-2-15(13-6-4-3-5-7-13)19(27)24-11-10-18-25-16(14-8-9-14)12-17(26-18)20(21,22)23/h3-7,12,14-15H,2,8-11H2,1H3,(H,24,27)/t15-/m1/s1. The maximum Gasteiger partial charge on any atom is 0.433 e. The van der Waals surface area contributed by atoms with Crippen molar-refractivity contribution >= 4 is 5.91 Å². The molecule has 144 valence electrons. The van der Waals surface area contributed by atoms with Crippen molar-refractivity contribution in [1.82, 2.24) is 15.3 Å². The van der Waals surface area contributed by atoms with Crippen molar-refractivity contribution in [2.45, 2.75) is 50.6 Å². The molecule has 27 heavy (non-hydrogen) atoms. The number of rotatable bonds is 7. The molecule has 1 atom stereocenters. The third-order valence-electron chi connectivity index (χ3n) is 4.65. The van der Waals surface area contributed by atoms with Gasteiger partial charge in [-0.2, -0.15) is 13.2 Å². The molecular formula is C20H22F3N3O. The number of carbonyl (C=O) groups is 1. The van der Waals surface area contributed by atoms with Crippen LogP contribution in [-0.2, 0) is 17.4 Å². The summed E-state index contributed by atoms with van der Waals surface area (Å²) in [7, 11) is 0. The molecule has 0 spiro atoms. The molecule has 1 aromatic heterocycles. The van der Waals surface area contributed by atoms with E-state index in [1.807, 2.05) is 37.3 Å². The van der Waals surface area contributed by atoms with Crippen LogP contribution in [0.15, 0.2) is 36.4 Å². The van der Waals surface area contributed by atoms with Crippen molar-refractivity contribution < 1.29 is 18.0 Å². The van der Waals surface area contributed by atoms with Crippen LogP contribution >= 0.6 is 0 Å². The first-order valence-corrected chi connectivity index (χ1v) is 9.16. The van der Waals surface area contributed by atoms with Gasteiger partial charge in [0.25, 0.3) is 0 Å². The predicted molar refractivity (Wildman–Crippen MR) is 95.2 cm³/mol. The highest BCUT2D eigenvalue weighted by atomic mass is 19.4. The second-order valence-electron chi connectivity index (χ2n) is 6.78. The second-order valence-corrected chi connectivity index (χ2v) is 6.78. The Kier molecular flexibility index (Phi) is 5.77. The highest BCUT2D eigenvalue weighted by molar-refractivity contribution is 5.83. The lowest BCUT2D eigenvalue weighted by atomic mass is 9.96. The molecule has 1 saturated carbocycles. The molecule has 1 amide bonds. The van der Waals surface area contributed by atoms with E-state index in [-0.39, 0.29) is 36.5 Å². The van der Waals surface area contributed by atoms with Crippen LogP contribution in [0.1, 0.15) is 60.8 Å². The summed E-state index contributed by atoms with van der Waals surface area (Å²) in [5, 5.41) is 2.80. The van der Waals surface area contributed by atoms with Gasteiger partial charge in [-0.1, -0.05) is 37.3 Å². The van der Waals surface area contributed by atoms with Gasteiger partial charge in [-0.25, -0.2) is 9.97 Å². The third kappa shape index (κ3) is 5.05. The number of amides is 1. The molecule has 3 rings (SSSR count). The topological polar surface area (TPSA) is 54.9 Å². The Balaban J connectivity index is 1.64. The number of nitrogens with zero attached hydrogens (tertiary/aromatic N) is 2. The molecule has 4 nitrogen and oxygen atoms in total. The summed E-state index contributed by atoms with van der Waals surface area (Å²) in [5.41, 5.74) is 0.467. The Hall–Kier alpha value is -2.44. The first-order chi connectivity index (χ1) is 12.9. The zero-order valence-corrected chi connectivity index (χ0v) is 15.1. The highest BCUT2D eigenvalue weighted by Gasteiger charge is 2.35. The fraction of sp³-hybridized carbons (Fsp3) is 0.450. The molecule has 1 heterocycles. The molecule has 0 aliphatic heterocycles. The van der Waals surface area contributed by atoms with E-state index in [9.17, 15) is 18.0 Å². The molecule has 1 N–H and O–H groups in total. The van der Waals surface area contributed by atoms with Crippen LogP contribution in [0.5, 0.6) is 0 Å². The third-order valence-corrected chi connectivity index (χ3v) is 4.65. The molecular weight excluding hydrogens is 355 g/mol. The lowest BCUT2D eigenvalue weighted by Crippen LogP contribution is -2.31. The SMILES string of the molecule is CC[C@@H](C(=O)NCCc1nc(C2CC2)cc(C(F)(F)F)n1)c1ccccc1. The van der Waals surface area contributed by atoms with Gasteiger partial charge in [-0.15, -0.1) is 0 Å². The molecule has 0 unspecified atom stereocenters. The van der Waals surface area contributed by atoms with E-state index in [0.29, 0.717) is 12.1 Å². The average Bonchev–Trinajstić information content (AvgIpc) is 3.47. The summed E-state index contributed by atoms with van der Waals surface area (Å²) in [5.74, 6) is -0.196. The first kappa shape index (κ1) is 19.3. The van der Waals surface area contributed by atoms with Crippen LogP contribution in [0.4, 0.5) is 13.2 Å². The van der Waals surface area contributed by atoms with Gasteiger partial charge in [0.2, 0.25) is 5.91 Å². The molecule has 1 aliphatic carbocycles. The summed E-state index contributed by atoms with van der Waals surface area (Å²) in [4.78, 5) is 20.4. The van der Waals surface area contributed by atoms with Crippen molar-refractivity contribution in [3.05, 3.63) is 59.2 Å². The van der Waals surface area contributed by atoms with Crippen LogP contribution in [-0.4, -0.2) is 22.4 Å². The zero-order valence-electron chi connectivity index (χ0n) is 15.1. The summed E-state index contributed by atoms with van der Waals surface area (Å²) < 4.78 is 39.2. The number of hydrogen-bond donors (Lipinski definition) is 1. The zero-order chi connectivity index (χ0) is 19.4. The average molecular weight is 377 g/mol. The Bertz CT molecular complexity index is 789. The minimum absolute atomic E-state index is 0.102. The van der Waals surface area contributed by atoms with Crippen molar-refractivity contribution in [3.8, 4) is 0 Å². The van der Waals surface area contributed by atoms with E-state index in [1.165, 1.54) is 0 Å². The fourth-order valence-corrected chi connectivity index (χ4v) is 3.04. The van der Waals surface area contributed by atoms with Crippen LogP contribution < -0.4 is 5.32 Å². The van der Waals surface area contributed by atoms with Crippen LogP contribution in [0.2, 0.25) is 0 Å². The van der Waals surface area contributed by atoms with E-state index in [2.05, 4.69) is 15.3 Å². The molecule has 0 radical (unpaired) electrons. The molecule has 1 aromatic carbocycles. The van der Waals surface area contributed by atoms with Crippen molar-refractivity contribution in [2.75, 3.05) is 6.54 Å². The quantitative estimate of drug-likeness (QED) is 0.786. The molecule has 0 bridgehead atoms. The smallest absolute Gasteiger partial charge is 0.355 e. The van der Waals surface area contributed by atoms with Crippen molar-refractivity contribution in [2.24, 2.45) is 0 Å². The summed E-state index contributed by atoms with van der Waals surface area (Å²) >= 11 is 0. The van der Waals surface area contributed by atoms with Crippen LogP contribution in [0.3, 0.4) is 0 Å². The van der Waals surface area contributed by atoms with Gasteiger partial charge < -0.3 is 5.32 Å². The number of aromatic nitrogens is 2. The molecule has 7 heteroatoms. The second kappa shape index (κ2) is 8.06. The predicted octanol–water partition coefficient (Wildman–Crippen LogP) is 4.23. The van der Waals surface area contributed by atoms with Gasteiger partial charge in [-0.3, -0.25) is 4.79 Å². The van der Waals surface area contributed by atoms with Crippen molar-refractivity contribution in [3.63, 3.8) is 0 Å². The molecule has 1 aliphatic rings. The van der Waals surface area contributed by atoms with Gasteiger partial charge in [0, 0.05) is 24.6 Å². The molecule has 2 aromatic rings. The van der Waals surface area contributed by atoms with E-state index in [1.54, 1.807) is 0 Å². The Morgan fingerprint density at radius 3 is 2.52 bits per heavy atom. The first-order valence-electron chi connectivity index (χ1n) is 9.16. The number of alkyl halides is 3. The Morgan fingerprint density at radius 2 is 1.93 bits per heavy atom. The summed E-state index contributed by atoms with van der Waals surface area (Å²) in [6.07, 6.45) is -1.97. The monoisotopic (exact) mass is 377 g/mol. The van der Waals surface area contributed by atoms with Crippen LogP contribution in [0.25, 0.3) is 0 Å². The largest absolute Gasteiger partial charge is 0.433 e. The molecule has 1 fully saturated rings. The normalized spacial score (nSPS) is 15.4. The van der Waals surface area contributed by atoms with E-state index in [4.69, 9.17) is 0 Å². The number of benzene rings is 1. The van der Waals surface area contributed by atoms with Gasteiger partial charge in [0.05, 0.1) is 5.92 Å². The minimum atomic E-state index is -4.49. The summed E-state index contributed by atoms with van der Waals surface area (Å²) in [6, 6.07) is 10.5. The molecule has 0 saturated heterocycles. The number of hydrogen-bond acceptors (Lipinski definition) is 3. The van der Waals surface area contributed by atoms with Gasteiger partial charge in [-0.05, 0) is 30.9 Å². The maximum absolute atomic E-state index is 13.1. The summed E-state index contributed by atoms with van der Waals surface area (Å²) in [6.45, 7) is 2.13. The van der Waals surface area contributed by atoms with E-state index < -0.39 is 11.9 Å². The Labute approximate surface area is 156 Å². The Morgan fingerprint density at radius 1 is 1.22 bits per heavy atom. The van der Waals surface area contributed by atoms with Gasteiger partial charge in [0.15, 0.2) is 0 Å². The highest BCUT2D eigenvalue weighted by Crippen LogP contribution is 2.40. The lowest BCUT2D eigenvalue weighted by molar-refractivity contribution is -0.141. The van der Waals surface area contributed by atoms with E-state index >= 15 is 0 Å². The van der Waals surface area contributed by atoms with Crippen LogP contribution in [0, 0.1) is 0 Å². The number of carbonyl (C=O) groups excluding carboxylic acids is 1. The maximum atomic E-state index is 13.1. The van der Waals surface area contributed by atoms with E-state index in [0.717, 1.165) is 24.5 Å². The van der Waals surface area contributed by atoms with Crippen molar-refractivity contribution in [1.29, 1.82) is 0 Å². The minimum Gasteiger partial charge on any atom is -0.355 e. The van der Waals surface area contributed by atoms with Gasteiger partial charge >= 0.3 is 6.18 Å². The fourth-order valence-electron chi connectivity index (χ4n) is 3.04.